The molecule has 0 bridgehead atoms. The highest BCUT2D eigenvalue weighted by Gasteiger charge is 2.25. The van der Waals surface area contributed by atoms with E-state index in [1.165, 1.54) is 0 Å². The van der Waals surface area contributed by atoms with Crippen LogP contribution in [0.1, 0.15) is 5.01 Å². The number of imidazole rings is 2. The molecule has 17 nitrogen and oxygen atoms in total. The van der Waals surface area contributed by atoms with Gasteiger partial charge in [-0.3, -0.25) is 23.8 Å². The second kappa shape index (κ2) is 16.2. The number of methoxy groups -OCH3 is 1. The largest absolute Gasteiger partial charge is 0.496 e. The summed E-state index contributed by atoms with van der Waals surface area (Å²) in [6.45, 7) is 6.25. The van der Waals surface area contributed by atoms with E-state index < -0.39 is 0 Å². The van der Waals surface area contributed by atoms with E-state index in [0.29, 0.717) is 77.0 Å². The van der Waals surface area contributed by atoms with Crippen molar-refractivity contribution >= 4 is 65.4 Å². The van der Waals surface area contributed by atoms with Crippen molar-refractivity contribution < 1.29 is 14.2 Å². The molecular formula is C46H48N12O5S. The van der Waals surface area contributed by atoms with Crippen molar-refractivity contribution in [2.24, 2.45) is 7.05 Å². The molecule has 2 fully saturated rings. The SMILES string of the molecule is COc1cc2ncc3c(c2cc1-c1cnn(CCn2c(=O)n(N4CCOCC4)c4c5cc(-c6ccc7nc(CCN(C)C)sc7c6)ccc5ncc42)c1)n(N1CCOCC1)c(=O)n3C. The van der Waals surface area contributed by atoms with Crippen LogP contribution < -0.4 is 26.1 Å². The number of pyridine rings is 2. The first kappa shape index (κ1) is 40.2. The zero-order valence-corrected chi connectivity index (χ0v) is 37.0. The minimum absolute atomic E-state index is 0.135. The molecule has 64 heavy (non-hydrogen) atoms. The van der Waals surface area contributed by atoms with Crippen LogP contribution in [-0.2, 0) is 36.0 Å². The Morgan fingerprint density at radius 3 is 2.12 bits per heavy atom. The van der Waals surface area contributed by atoms with E-state index in [4.69, 9.17) is 34.3 Å². The molecule has 2 aliphatic rings. The van der Waals surface area contributed by atoms with Gasteiger partial charge in [0.2, 0.25) is 0 Å². The lowest BCUT2D eigenvalue weighted by Gasteiger charge is -2.29. The van der Waals surface area contributed by atoms with E-state index in [9.17, 15) is 9.59 Å². The number of nitrogens with zero attached hydrogens (tertiary/aromatic N) is 12. The van der Waals surface area contributed by atoms with Gasteiger partial charge in [-0.05, 0) is 55.6 Å². The fourth-order valence-electron chi connectivity index (χ4n) is 9.13. The number of rotatable bonds is 11. The van der Waals surface area contributed by atoms with Crippen molar-refractivity contribution in [1.82, 2.24) is 48.1 Å². The molecule has 0 saturated carbocycles. The number of hydrogen-bond acceptors (Lipinski definition) is 13. The van der Waals surface area contributed by atoms with Gasteiger partial charge in [0.05, 0.1) is 122 Å². The highest BCUT2D eigenvalue weighted by Crippen LogP contribution is 2.37. The molecule has 3 aromatic carbocycles. The Bertz CT molecular complexity index is 3370. The van der Waals surface area contributed by atoms with Crippen molar-refractivity contribution in [2.75, 3.05) is 90.4 Å². The number of hydrogen-bond donors (Lipinski definition) is 0. The molecule has 0 atom stereocenters. The van der Waals surface area contributed by atoms with Gasteiger partial charge < -0.3 is 29.1 Å². The number of fused-ring (bicyclic) bond motifs is 7. The first-order valence-electron chi connectivity index (χ1n) is 21.6. The molecule has 2 saturated heterocycles. The van der Waals surface area contributed by atoms with Gasteiger partial charge in [0.15, 0.2) is 0 Å². The van der Waals surface area contributed by atoms with Crippen LogP contribution in [0, 0.1) is 0 Å². The van der Waals surface area contributed by atoms with Crippen LogP contribution in [0.2, 0.25) is 0 Å². The summed E-state index contributed by atoms with van der Waals surface area (Å²) in [6, 6.07) is 16.7. The average Bonchev–Trinajstić information content (AvgIpc) is 4.09. The molecule has 18 heteroatoms. The van der Waals surface area contributed by atoms with E-state index in [2.05, 4.69) is 54.3 Å². The number of thiazole rings is 1. The number of benzene rings is 3. The van der Waals surface area contributed by atoms with Crippen LogP contribution in [0.15, 0.2) is 82.9 Å². The van der Waals surface area contributed by atoms with Crippen LogP contribution in [0.25, 0.3) is 76.3 Å². The third kappa shape index (κ3) is 6.88. The van der Waals surface area contributed by atoms with Gasteiger partial charge in [-0.25, -0.2) is 23.9 Å². The summed E-state index contributed by atoms with van der Waals surface area (Å²) in [7, 11) is 7.57. The fourth-order valence-corrected chi connectivity index (χ4v) is 10.1. The number of morpholine rings is 2. The Balaban J connectivity index is 0.952. The summed E-state index contributed by atoms with van der Waals surface area (Å²) in [5.41, 5.74) is 9.12. The van der Waals surface area contributed by atoms with E-state index in [1.54, 1.807) is 40.9 Å². The Kier molecular flexibility index (Phi) is 10.2. The van der Waals surface area contributed by atoms with Gasteiger partial charge in [0.1, 0.15) is 16.8 Å². The van der Waals surface area contributed by atoms with E-state index in [0.717, 1.165) is 88.8 Å². The summed E-state index contributed by atoms with van der Waals surface area (Å²) in [4.78, 5) is 45.0. The maximum Gasteiger partial charge on any atom is 0.348 e. The van der Waals surface area contributed by atoms with Gasteiger partial charge in [-0.15, -0.1) is 11.3 Å². The molecule has 0 spiro atoms. The van der Waals surface area contributed by atoms with Gasteiger partial charge in [0, 0.05) is 60.7 Å². The molecule has 2 aliphatic heterocycles. The summed E-state index contributed by atoms with van der Waals surface area (Å²) in [5.74, 6) is 0.633. The summed E-state index contributed by atoms with van der Waals surface area (Å²) < 4.78 is 27.3. The van der Waals surface area contributed by atoms with Gasteiger partial charge >= 0.3 is 11.4 Å². The molecule has 328 valence electrons. The monoisotopic (exact) mass is 880 g/mol. The number of aryl methyl sites for hydroxylation is 3. The topological polar surface area (TPSA) is 148 Å². The van der Waals surface area contributed by atoms with Crippen molar-refractivity contribution in [3.05, 3.63) is 99.3 Å². The van der Waals surface area contributed by atoms with Crippen molar-refractivity contribution in [3.63, 3.8) is 0 Å². The number of likely N-dealkylation sites (N-methyl/N-ethyl adjacent to an activating group) is 1. The van der Waals surface area contributed by atoms with Crippen LogP contribution in [0.5, 0.6) is 5.75 Å². The minimum atomic E-state index is -0.137. The van der Waals surface area contributed by atoms with E-state index in [-0.39, 0.29) is 11.4 Å². The van der Waals surface area contributed by atoms with Gasteiger partial charge in [-0.1, -0.05) is 12.1 Å². The van der Waals surface area contributed by atoms with Crippen molar-refractivity contribution in [1.29, 1.82) is 0 Å². The lowest BCUT2D eigenvalue weighted by Crippen LogP contribution is -2.49. The smallest absolute Gasteiger partial charge is 0.348 e. The third-order valence-electron chi connectivity index (χ3n) is 12.5. The molecule has 0 unspecified atom stereocenters. The van der Waals surface area contributed by atoms with Crippen LogP contribution in [0.4, 0.5) is 0 Å². The number of ether oxygens (including phenoxy) is 3. The predicted octanol–water partition coefficient (Wildman–Crippen LogP) is 4.44. The molecule has 0 radical (unpaired) electrons. The Morgan fingerprint density at radius 2 is 1.39 bits per heavy atom. The first-order valence-corrected chi connectivity index (χ1v) is 22.4. The maximum absolute atomic E-state index is 14.7. The normalized spacial score (nSPS) is 15.0. The Morgan fingerprint density at radius 1 is 0.734 bits per heavy atom. The predicted molar refractivity (Wildman–Crippen MR) is 250 cm³/mol. The average molecular weight is 881 g/mol. The fraction of sp³-hybridized carbons (Fsp3) is 0.348. The van der Waals surface area contributed by atoms with Crippen LogP contribution >= 0.6 is 11.3 Å². The molecule has 9 aromatic rings. The zero-order valence-electron chi connectivity index (χ0n) is 36.2. The summed E-state index contributed by atoms with van der Waals surface area (Å²) in [5, 5.41) is 11.8. The van der Waals surface area contributed by atoms with E-state index in [1.807, 2.05) is 55.7 Å². The standard InChI is InChI=1S/C46H48N12O5S/c1-51(2)10-9-42-50-36-8-6-30(22-41(36)64-42)29-5-7-35-33(21-29)44-39(27-47-35)56(46(60)58(44)55-15-19-63-20-16-55)12-11-53-28-31(25-49-53)32-23-34-37(24-40(32)61-4)48-26-38-43(34)57(45(59)52(38)3)54-13-17-62-18-14-54/h5-8,21-28H,9-20H2,1-4H3. The highest BCUT2D eigenvalue weighted by molar-refractivity contribution is 7.18. The maximum atomic E-state index is 14.7. The van der Waals surface area contributed by atoms with Crippen molar-refractivity contribution in [3.8, 4) is 28.0 Å². The van der Waals surface area contributed by atoms with Crippen molar-refractivity contribution in [2.45, 2.75) is 19.5 Å². The van der Waals surface area contributed by atoms with E-state index >= 15 is 0 Å². The van der Waals surface area contributed by atoms with Crippen LogP contribution in [0.3, 0.4) is 0 Å². The second-order valence-electron chi connectivity index (χ2n) is 16.7. The molecule has 8 heterocycles. The minimum Gasteiger partial charge on any atom is -0.496 e. The highest BCUT2D eigenvalue weighted by atomic mass is 32.1. The van der Waals surface area contributed by atoms with Gasteiger partial charge in [0.25, 0.3) is 0 Å². The quantitative estimate of drug-likeness (QED) is 0.181. The molecule has 0 N–H and O–H groups in total. The lowest BCUT2D eigenvalue weighted by atomic mass is 10.0. The summed E-state index contributed by atoms with van der Waals surface area (Å²) >= 11 is 1.74. The Hall–Kier alpha value is -6.60. The molecule has 6 aromatic heterocycles. The Labute approximate surface area is 370 Å². The van der Waals surface area contributed by atoms with Gasteiger partial charge in [-0.2, -0.15) is 5.10 Å². The molecule has 11 rings (SSSR count). The second-order valence-corrected chi connectivity index (χ2v) is 17.8. The molecular weight excluding hydrogens is 833 g/mol. The molecule has 0 amide bonds. The van der Waals surface area contributed by atoms with Crippen LogP contribution in [-0.4, -0.2) is 128 Å². The lowest BCUT2D eigenvalue weighted by molar-refractivity contribution is 0.111. The summed E-state index contributed by atoms with van der Waals surface area (Å²) in [6.07, 6.45) is 8.25. The third-order valence-corrected chi connectivity index (χ3v) is 13.6. The molecule has 0 aliphatic carbocycles. The number of aromatic nitrogens is 9. The first-order chi connectivity index (χ1) is 31.2. The zero-order chi connectivity index (χ0) is 43.6.